The summed E-state index contributed by atoms with van der Waals surface area (Å²) >= 11 is 8.06. The SMILES string of the molecule is CSc1ccc([C@@H]2C(C#N)=C(N)Oc3n[nH]c(-c4ccccc4Cl)c32)cc1. The van der Waals surface area contributed by atoms with Crippen molar-refractivity contribution in [1.82, 2.24) is 10.2 Å². The second-order valence-corrected chi connectivity index (χ2v) is 7.28. The molecule has 3 aromatic rings. The second-order valence-electron chi connectivity index (χ2n) is 6.00. The van der Waals surface area contributed by atoms with Crippen LogP contribution in [0.5, 0.6) is 5.88 Å². The summed E-state index contributed by atoms with van der Waals surface area (Å²) in [5.41, 5.74) is 9.57. The van der Waals surface area contributed by atoms with E-state index in [0.29, 0.717) is 16.5 Å². The van der Waals surface area contributed by atoms with E-state index in [1.54, 1.807) is 11.8 Å². The molecular weight excluding hydrogens is 380 g/mol. The normalized spacial score (nSPS) is 15.8. The van der Waals surface area contributed by atoms with E-state index in [-0.39, 0.29) is 11.8 Å². The Morgan fingerprint density at radius 2 is 1.96 bits per heavy atom. The third-order valence-corrected chi connectivity index (χ3v) is 5.60. The van der Waals surface area contributed by atoms with Crippen molar-refractivity contribution in [1.29, 1.82) is 5.26 Å². The van der Waals surface area contributed by atoms with Gasteiger partial charge in [-0.1, -0.05) is 41.9 Å². The maximum absolute atomic E-state index is 9.74. The van der Waals surface area contributed by atoms with E-state index in [1.807, 2.05) is 54.8 Å². The van der Waals surface area contributed by atoms with Crippen molar-refractivity contribution in [2.24, 2.45) is 5.73 Å². The van der Waals surface area contributed by atoms with Gasteiger partial charge >= 0.3 is 0 Å². The van der Waals surface area contributed by atoms with Gasteiger partial charge < -0.3 is 10.5 Å². The molecule has 1 aliphatic rings. The second kappa shape index (κ2) is 7.03. The van der Waals surface area contributed by atoms with E-state index in [2.05, 4.69) is 16.3 Å². The maximum Gasteiger partial charge on any atom is 0.244 e. The molecule has 2 aromatic carbocycles. The number of halogens is 1. The fourth-order valence-electron chi connectivity index (χ4n) is 3.24. The summed E-state index contributed by atoms with van der Waals surface area (Å²) in [6, 6.07) is 17.7. The number of aromatic nitrogens is 2. The molecule has 27 heavy (non-hydrogen) atoms. The largest absolute Gasteiger partial charge is 0.420 e. The molecule has 134 valence electrons. The number of nitrogens with zero attached hydrogens (tertiary/aromatic N) is 2. The van der Waals surface area contributed by atoms with Crippen LogP contribution in [-0.4, -0.2) is 16.5 Å². The van der Waals surface area contributed by atoms with Gasteiger partial charge in [-0.15, -0.1) is 16.9 Å². The summed E-state index contributed by atoms with van der Waals surface area (Å²) in [5, 5.41) is 17.6. The van der Waals surface area contributed by atoms with Gasteiger partial charge in [0.15, 0.2) is 0 Å². The van der Waals surface area contributed by atoms with Gasteiger partial charge in [0.25, 0.3) is 0 Å². The summed E-state index contributed by atoms with van der Waals surface area (Å²) in [6.07, 6.45) is 2.02. The average Bonchev–Trinajstić information content (AvgIpc) is 3.10. The first-order valence-corrected chi connectivity index (χ1v) is 9.79. The van der Waals surface area contributed by atoms with Crippen molar-refractivity contribution in [3.05, 3.63) is 76.1 Å². The van der Waals surface area contributed by atoms with Crippen LogP contribution in [0.2, 0.25) is 5.02 Å². The minimum absolute atomic E-state index is 0.0705. The third kappa shape index (κ3) is 2.95. The number of nitrogens with two attached hydrogens (primary N) is 1. The van der Waals surface area contributed by atoms with E-state index in [1.165, 1.54) is 0 Å². The molecule has 7 heteroatoms. The van der Waals surface area contributed by atoms with Gasteiger partial charge in [0.05, 0.1) is 17.2 Å². The lowest BCUT2D eigenvalue weighted by atomic mass is 9.83. The van der Waals surface area contributed by atoms with Crippen molar-refractivity contribution in [2.75, 3.05) is 6.26 Å². The molecular formula is C20H15ClN4OS. The smallest absolute Gasteiger partial charge is 0.244 e. The molecule has 0 unspecified atom stereocenters. The first-order chi connectivity index (χ1) is 13.1. The van der Waals surface area contributed by atoms with Gasteiger partial charge in [0.1, 0.15) is 11.6 Å². The van der Waals surface area contributed by atoms with E-state index in [4.69, 9.17) is 22.1 Å². The van der Waals surface area contributed by atoms with Gasteiger partial charge in [0, 0.05) is 15.5 Å². The van der Waals surface area contributed by atoms with Crippen molar-refractivity contribution in [3.8, 4) is 23.2 Å². The van der Waals surface area contributed by atoms with Crippen molar-refractivity contribution in [2.45, 2.75) is 10.8 Å². The van der Waals surface area contributed by atoms with Crippen LogP contribution in [0.15, 0.2) is 64.9 Å². The lowest BCUT2D eigenvalue weighted by molar-refractivity contribution is 0.379. The molecule has 3 N–H and O–H groups in total. The first-order valence-electron chi connectivity index (χ1n) is 8.18. The Morgan fingerprint density at radius 1 is 1.22 bits per heavy atom. The molecule has 4 rings (SSSR count). The van der Waals surface area contributed by atoms with Gasteiger partial charge in [-0.2, -0.15) is 5.26 Å². The summed E-state index contributed by atoms with van der Waals surface area (Å²) in [5.74, 6) is 0.0428. The average molecular weight is 395 g/mol. The van der Waals surface area contributed by atoms with Crippen LogP contribution in [0.4, 0.5) is 0 Å². The highest BCUT2D eigenvalue weighted by Crippen LogP contribution is 2.46. The molecule has 0 aliphatic carbocycles. The number of aromatic amines is 1. The third-order valence-electron chi connectivity index (χ3n) is 4.53. The Balaban J connectivity index is 1.94. The lowest BCUT2D eigenvalue weighted by Crippen LogP contribution is -2.21. The highest BCUT2D eigenvalue weighted by Gasteiger charge is 2.35. The number of benzene rings is 2. The molecule has 0 fully saturated rings. The fraction of sp³-hybridized carbons (Fsp3) is 0.100. The van der Waals surface area contributed by atoms with Crippen molar-refractivity contribution >= 4 is 23.4 Å². The van der Waals surface area contributed by atoms with E-state index >= 15 is 0 Å². The molecule has 5 nitrogen and oxygen atoms in total. The quantitative estimate of drug-likeness (QED) is 0.630. The molecule has 0 spiro atoms. The Hall–Kier alpha value is -2.88. The Kier molecular flexibility index (Phi) is 4.56. The van der Waals surface area contributed by atoms with Gasteiger partial charge in [-0.05, 0) is 30.0 Å². The summed E-state index contributed by atoms with van der Waals surface area (Å²) in [4.78, 5) is 1.14. The van der Waals surface area contributed by atoms with Crippen LogP contribution >= 0.6 is 23.4 Å². The van der Waals surface area contributed by atoms with Crippen LogP contribution in [0.1, 0.15) is 17.0 Å². The van der Waals surface area contributed by atoms with Crippen LogP contribution in [0.25, 0.3) is 11.3 Å². The molecule has 0 saturated heterocycles. The molecule has 0 radical (unpaired) electrons. The summed E-state index contributed by atoms with van der Waals surface area (Å²) in [6.45, 7) is 0. The van der Waals surface area contributed by atoms with Crippen molar-refractivity contribution in [3.63, 3.8) is 0 Å². The number of nitriles is 1. The first kappa shape index (κ1) is 17.5. The van der Waals surface area contributed by atoms with E-state index in [0.717, 1.165) is 27.3 Å². The number of hydrogen-bond acceptors (Lipinski definition) is 5. The monoisotopic (exact) mass is 394 g/mol. The number of nitrogens with one attached hydrogen (secondary N) is 1. The molecule has 1 aliphatic heterocycles. The highest BCUT2D eigenvalue weighted by atomic mass is 35.5. The van der Waals surface area contributed by atoms with Gasteiger partial charge in [-0.3, -0.25) is 5.10 Å². The van der Waals surface area contributed by atoms with Crippen LogP contribution in [-0.2, 0) is 0 Å². The predicted octanol–water partition coefficient (Wildman–Crippen LogP) is 4.67. The molecule has 1 atom stereocenters. The summed E-state index contributed by atoms with van der Waals surface area (Å²) in [7, 11) is 0. The zero-order chi connectivity index (χ0) is 19.0. The molecule has 0 saturated carbocycles. The minimum Gasteiger partial charge on any atom is -0.420 e. The van der Waals surface area contributed by atoms with Gasteiger partial charge in [0.2, 0.25) is 11.8 Å². The number of ether oxygens (including phenoxy) is 1. The van der Waals surface area contributed by atoms with E-state index in [9.17, 15) is 5.26 Å². The topological polar surface area (TPSA) is 87.7 Å². The number of allylic oxidation sites excluding steroid dienone is 1. The van der Waals surface area contributed by atoms with Crippen LogP contribution in [0.3, 0.4) is 0 Å². The summed E-state index contributed by atoms with van der Waals surface area (Å²) < 4.78 is 5.62. The van der Waals surface area contributed by atoms with Crippen LogP contribution < -0.4 is 10.5 Å². The number of fused-ring (bicyclic) bond motifs is 1. The standard InChI is InChI=1S/C20H15ClN4OS/c1-27-12-8-6-11(7-9-12)16-14(10-22)19(23)26-20-17(16)18(24-25-20)13-4-2-3-5-15(13)21/h2-9,16H,23H2,1H3,(H,24,25)/t16-/m1/s1. The predicted molar refractivity (Wildman–Crippen MR) is 107 cm³/mol. The van der Waals surface area contributed by atoms with Crippen molar-refractivity contribution < 1.29 is 4.74 Å². The molecule has 2 heterocycles. The zero-order valence-electron chi connectivity index (χ0n) is 14.4. The molecule has 0 amide bonds. The Bertz CT molecular complexity index is 1080. The maximum atomic E-state index is 9.74. The fourth-order valence-corrected chi connectivity index (χ4v) is 3.88. The number of rotatable bonds is 3. The minimum atomic E-state index is -0.389. The zero-order valence-corrected chi connectivity index (χ0v) is 15.9. The Morgan fingerprint density at radius 3 is 2.63 bits per heavy atom. The molecule has 0 bridgehead atoms. The molecule has 1 aromatic heterocycles. The van der Waals surface area contributed by atoms with Crippen LogP contribution in [0, 0.1) is 11.3 Å². The number of hydrogen-bond donors (Lipinski definition) is 2. The highest BCUT2D eigenvalue weighted by molar-refractivity contribution is 7.98. The number of H-pyrrole nitrogens is 1. The lowest BCUT2D eigenvalue weighted by Gasteiger charge is -2.24. The number of thioether (sulfide) groups is 1. The Labute approximate surface area is 165 Å². The van der Waals surface area contributed by atoms with E-state index < -0.39 is 0 Å². The van der Waals surface area contributed by atoms with Gasteiger partial charge in [-0.25, -0.2) is 0 Å².